The van der Waals surface area contributed by atoms with Gasteiger partial charge in [0.05, 0.1) is 29.0 Å². The minimum absolute atomic E-state index is 0. The Morgan fingerprint density at radius 1 is 1.19 bits per heavy atom. The molecule has 1 aliphatic rings. The third-order valence-electron chi connectivity index (χ3n) is 5.38. The second kappa shape index (κ2) is 11.3. The number of halogens is 1. The Morgan fingerprint density at radius 2 is 1.97 bits per heavy atom. The van der Waals surface area contributed by atoms with Crippen LogP contribution in [0, 0.1) is 6.92 Å². The van der Waals surface area contributed by atoms with Crippen LogP contribution in [0.1, 0.15) is 22.3 Å². The first kappa shape index (κ1) is 24.0. The van der Waals surface area contributed by atoms with Gasteiger partial charge in [-0.25, -0.2) is 4.98 Å². The molecule has 5 nitrogen and oxygen atoms in total. The number of hydrogen-bond acceptors (Lipinski definition) is 6. The smallest absolute Gasteiger partial charge is 0.261 e. The third-order valence-corrected chi connectivity index (χ3v) is 7.22. The second-order valence-electron chi connectivity index (χ2n) is 7.38. The standard InChI is InChI=1S/C23H27N3O2S2.ClH/c1-17-7-5-10-20-21(17)24-23(30-20)26(12-6-11-25-13-15-28-16-14-25)22(27)18-8-3-4-9-19(18)29-2;/h3-5,7-10H,6,11-16H2,1-2H3;1H. The Hall–Kier alpha value is -1.64. The molecule has 8 heteroatoms. The van der Waals surface area contributed by atoms with Crippen LogP contribution in [0.15, 0.2) is 47.4 Å². The number of amides is 1. The highest BCUT2D eigenvalue weighted by Gasteiger charge is 2.24. The minimum Gasteiger partial charge on any atom is -0.379 e. The maximum Gasteiger partial charge on any atom is 0.261 e. The maximum atomic E-state index is 13.6. The fourth-order valence-electron chi connectivity index (χ4n) is 3.72. The Kier molecular flexibility index (Phi) is 8.75. The molecule has 2 heterocycles. The average molecular weight is 478 g/mol. The van der Waals surface area contributed by atoms with E-state index >= 15 is 0 Å². The van der Waals surface area contributed by atoms with Crippen molar-refractivity contribution in [3.8, 4) is 0 Å². The lowest BCUT2D eigenvalue weighted by atomic mass is 10.2. The number of carbonyl (C=O) groups excluding carboxylic acids is 1. The van der Waals surface area contributed by atoms with Gasteiger partial charge in [0.2, 0.25) is 0 Å². The van der Waals surface area contributed by atoms with Gasteiger partial charge < -0.3 is 4.74 Å². The van der Waals surface area contributed by atoms with E-state index in [1.807, 2.05) is 41.5 Å². The van der Waals surface area contributed by atoms with Crippen LogP contribution in [0.2, 0.25) is 0 Å². The third kappa shape index (κ3) is 5.59. The number of thioether (sulfide) groups is 1. The molecule has 0 N–H and O–H groups in total. The lowest BCUT2D eigenvalue weighted by Gasteiger charge is -2.28. The summed E-state index contributed by atoms with van der Waals surface area (Å²) in [4.78, 5) is 23.8. The maximum absolute atomic E-state index is 13.6. The summed E-state index contributed by atoms with van der Waals surface area (Å²) in [6, 6.07) is 14.0. The molecule has 3 aromatic rings. The van der Waals surface area contributed by atoms with Crippen LogP contribution < -0.4 is 4.90 Å². The number of thiazole rings is 1. The van der Waals surface area contributed by atoms with E-state index in [0.717, 1.165) is 70.6 Å². The van der Waals surface area contributed by atoms with Crippen LogP contribution in [-0.2, 0) is 4.74 Å². The Morgan fingerprint density at radius 3 is 2.71 bits per heavy atom. The number of fused-ring (bicyclic) bond motifs is 1. The van der Waals surface area contributed by atoms with Crippen molar-refractivity contribution in [2.24, 2.45) is 0 Å². The van der Waals surface area contributed by atoms with E-state index in [-0.39, 0.29) is 18.3 Å². The quantitative estimate of drug-likeness (QED) is 0.442. The first-order chi connectivity index (χ1) is 14.7. The zero-order chi connectivity index (χ0) is 20.9. The fourth-order valence-corrected chi connectivity index (χ4v) is 5.38. The van der Waals surface area contributed by atoms with Gasteiger partial charge in [0.1, 0.15) is 0 Å². The van der Waals surface area contributed by atoms with Crippen LogP contribution in [0.3, 0.4) is 0 Å². The molecule has 31 heavy (non-hydrogen) atoms. The monoisotopic (exact) mass is 477 g/mol. The minimum atomic E-state index is 0. The average Bonchev–Trinajstić information content (AvgIpc) is 3.22. The van der Waals surface area contributed by atoms with Crippen molar-refractivity contribution in [1.29, 1.82) is 0 Å². The number of rotatable bonds is 7. The van der Waals surface area contributed by atoms with Crippen molar-refractivity contribution in [3.63, 3.8) is 0 Å². The van der Waals surface area contributed by atoms with Crippen LogP contribution in [0.4, 0.5) is 5.13 Å². The number of nitrogens with zero attached hydrogens (tertiary/aromatic N) is 3. The van der Waals surface area contributed by atoms with Crippen LogP contribution in [0.5, 0.6) is 0 Å². The van der Waals surface area contributed by atoms with E-state index in [2.05, 4.69) is 24.0 Å². The molecule has 1 saturated heterocycles. The summed E-state index contributed by atoms with van der Waals surface area (Å²) in [5, 5.41) is 0.780. The first-order valence-corrected chi connectivity index (χ1v) is 12.3. The number of carbonyl (C=O) groups is 1. The number of ether oxygens (including phenoxy) is 1. The number of aromatic nitrogens is 1. The highest BCUT2D eigenvalue weighted by Crippen LogP contribution is 2.32. The van der Waals surface area contributed by atoms with Gasteiger partial charge in [0.25, 0.3) is 5.91 Å². The first-order valence-electron chi connectivity index (χ1n) is 10.3. The lowest BCUT2D eigenvalue weighted by Crippen LogP contribution is -2.39. The molecule has 1 amide bonds. The predicted octanol–water partition coefficient (Wildman–Crippen LogP) is 5.12. The van der Waals surface area contributed by atoms with Gasteiger partial charge in [-0.05, 0) is 43.4 Å². The number of hydrogen-bond donors (Lipinski definition) is 0. The molecular weight excluding hydrogens is 450 g/mol. The van der Waals surface area contributed by atoms with Crippen molar-refractivity contribution in [1.82, 2.24) is 9.88 Å². The van der Waals surface area contributed by atoms with Crippen molar-refractivity contribution in [2.45, 2.75) is 18.2 Å². The van der Waals surface area contributed by atoms with E-state index < -0.39 is 0 Å². The van der Waals surface area contributed by atoms with E-state index in [1.165, 1.54) is 0 Å². The zero-order valence-corrected chi connectivity index (χ0v) is 20.3. The fraction of sp³-hybridized carbons (Fsp3) is 0.391. The largest absolute Gasteiger partial charge is 0.379 e. The molecular formula is C23H28ClN3O2S2. The molecule has 0 saturated carbocycles. The van der Waals surface area contributed by atoms with Crippen molar-refractivity contribution < 1.29 is 9.53 Å². The zero-order valence-electron chi connectivity index (χ0n) is 17.9. The summed E-state index contributed by atoms with van der Waals surface area (Å²) in [6.45, 7) is 7.19. The topological polar surface area (TPSA) is 45.7 Å². The summed E-state index contributed by atoms with van der Waals surface area (Å²) in [5.41, 5.74) is 2.87. The SMILES string of the molecule is CSc1ccccc1C(=O)N(CCCN1CCOCC1)c1nc2c(C)cccc2s1.Cl. The number of morpholine rings is 1. The summed E-state index contributed by atoms with van der Waals surface area (Å²) in [5.74, 6) is 0.0265. The van der Waals surface area contributed by atoms with E-state index in [9.17, 15) is 4.79 Å². The van der Waals surface area contributed by atoms with E-state index in [1.54, 1.807) is 23.1 Å². The molecule has 0 aliphatic carbocycles. The van der Waals surface area contributed by atoms with Gasteiger partial charge in [-0.2, -0.15) is 0 Å². The van der Waals surface area contributed by atoms with Crippen molar-refractivity contribution in [2.75, 3.05) is 50.5 Å². The molecule has 4 rings (SSSR count). The van der Waals surface area contributed by atoms with Crippen molar-refractivity contribution >= 4 is 56.8 Å². The lowest BCUT2D eigenvalue weighted by molar-refractivity contribution is 0.0376. The van der Waals surface area contributed by atoms with E-state index in [4.69, 9.17) is 9.72 Å². The highest BCUT2D eigenvalue weighted by molar-refractivity contribution is 7.98. The molecule has 0 spiro atoms. The molecule has 1 aliphatic heterocycles. The highest BCUT2D eigenvalue weighted by atomic mass is 35.5. The molecule has 0 bridgehead atoms. The van der Waals surface area contributed by atoms with Crippen LogP contribution in [-0.4, -0.2) is 61.4 Å². The summed E-state index contributed by atoms with van der Waals surface area (Å²) >= 11 is 3.20. The van der Waals surface area contributed by atoms with E-state index in [0.29, 0.717) is 6.54 Å². The number of benzene rings is 2. The molecule has 1 fully saturated rings. The molecule has 1 aromatic heterocycles. The Labute approximate surface area is 198 Å². The molecule has 0 unspecified atom stereocenters. The molecule has 0 radical (unpaired) electrons. The van der Waals surface area contributed by atoms with Gasteiger partial charge in [-0.3, -0.25) is 14.6 Å². The number of anilines is 1. The molecule has 2 aromatic carbocycles. The van der Waals surface area contributed by atoms with Crippen LogP contribution in [0.25, 0.3) is 10.2 Å². The Bertz CT molecular complexity index is 1020. The van der Waals surface area contributed by atoms with Crippen molar-refractivity contribution in [3.05, 3.63) is 53.6 Å². The van der Waals surface area contributed by atoms with Gasteiger partial charge >= 0.3 is 0 Å². The van der Waals surface area contributed by atoms with Gasteiger partial charge in [-0.1, -0.05) is 35.6 Å². The van der Waals surface area contributed by atoms with Crippen LogP contribution >= 0.6 is 35.5 Å². The summed E-state index contributed by atoms with van der Waals surface area (Å²) in [6.07, 6.45) is 2.91. The summed E-state index contributed by atoms with van der Waals surface area (Å²) < 4.78 is 6.57. The Balaban J connectivity index is 0.00000272. The number of para-hydroxylation sites is 1. The normalized spacial score (nSPS) is 14.4. The number of aryl methyl sites for hydroxylation is 1. The van der Waals surface area contributed by atoms with Gasteiger partial charge in [-0.15, -0.1) is 24.2 Å². The second-order valence-corrected chi connectivity index (χ2v) is 9.24. The molecule has 166 valence electrons. The molecule has 0 atom stereocenters. The van der Waals surface area contributed by atoms with Gasteiger partial charge in [0.15, 0.2) is 5.13 Å². The predicted molar refractivity (Wildman–Crippen MR) is 133 cm³/mol. The van der Waals surface area contributed by atoms with Gasteiger partial charge in [0, 0.05) is 31.1 Å². The summed E-state index contributed by atoms with van der Waals surface area (Å²) in [7, 11) is 0.